The number of carboxylic acids is 1. The smallest absolute Gasteiger partial charge is 0.303 e. The van der Waals surface area contributed by atoms with Crippen LogP contribution in [0.2, 0.25) is 0 Å². The van der Waals surface area contributed by atoms with Crippen LogP contribution in [0.1, 0.15) is 19.8 Å². The molecule has 0 aliphatic carbocycles. The van der Waals surface area contributed by atoms with Crippen molar-refractivity contribution in [2.24, 2.45) is 4.99 Å². The van der Waals surface area contributed by atoms with Crippen molar-refractivity contribution in [2.45, 2.75) is 19.8 Å². The highest BCUT2D eigenvalue weighted by atomic mass is 16.4. The van der Waals surface area contributed by atoms with Gasteiger partial charge < -0.3 is 5.11 Å². The lowest BCUT2D eigenvalue weighted by molar-refractivity contribution is -0.138. The summed E-state index contributed by atoms with van der Waals surface area (Å²) in [6, 6.07) is 0. The van der Waals surface area contributed by atoms with Crippen LogP contribution in [0.25, 0.3) is 0 Å². The van der Waals surface area contributed by atoms with Gasteiger partial charge in [0.05, 0.1) is 6.42 Å². The largest absolute Gasteiger partial charge is 0.481 e. The SMILES string of the molecule is CC=NC(=O)CCC(=O)O. The average molecular weight is 143 g/mol. The number of aliphatic carboxylic acids is 1. The lowest BCUT2D eigenvalue weighted by Gasteiger charge is -1.87. The van der Waals surface area contributed by atoms with E-state index < -0.39 is 5.97 Å². The van der Waals surface area contributed by atoms with Gasteiger partial charge in [-0.3, -0.25) is 9.59 Å². The fourth-order valence-corrected chi connectivity index (χ4v) is 0.422. The molecule has 4 nitrogen and oxygen atoms in total. The predicted octanol–water partition coefficient (Wildman–Crippen LogP) is 0.468. The molecule has 0 radical (unpaired) electrons. The summed E-state index contributed by atoms with van der Waals surface area (Å²) < 4.78 is 0. The molecular formula is C6H9NO3. The Morgan fingerprint density at radius 1 is 1.50 bits per heavy atom. The highest BCUT2D eigenvalue weighted by Gasteiger charge is 2.01. The third-order valence-electron chi connectivity index (χ3n) is 0.826. The first-order valence-corrected chi connectivity index (χ1v) is 2.90. The number of carbonyl (C=O) groups excluding carboxylic acids is 1. The summed E-state index contributed by atoms with van der Waals surface area (Å²) in [7, 11) is 0. The number of carbonyl (C=O) groups is 2. The minimum absolute atomic E-state index is 0.0142. The molecule has 0 bridgehead atoms. The number of aliphatic imine (C=N–C) groups is 1. The van der Waals surface area contributed by atoms with E-state index in [1.807, 2.05) is 0 Å². The highest BCUT2D eigenvalue weighted by Crippen LogP contribution is 1.90. The van der Waals surface area contributed by atoms with Gasteiger partial charge in [-0.25, -0.2) is 4.99 Å². The van der Waals surface area contributed by atoms with Gasteiger partial charge in [0.25, 0.3) is 0 Å². The van der Waals surface area contributed by atoms with Crippen LogP contribution < -0.4 is 0 Å². The number of rotatable bonds is 3. The van der Waals surface area contributed by atoms with Crippen molar-refractivity contribution >= 4 is 18.1 Å². The molecule has 0 unspecified atom stereocenters. The topological polar surface area (TPSA) is 66.7 Å². The molecule has 0 aliphatic rings. The minimum atomic E-state index is -0.973. The lowest BCUT2D eigenvalue weighted by atomic mass is 10.3. The van der Waals surface area contributed by atoms with Gasteiger partial charge in [0.15, 0.2) is 0 Å². The van der Waals surface area contributed by atoms with Crippen LogP contribution >= 0.6 is 0 Å². The number of hydrogen-bond donors (Lipinski definition) is 1. The van der Waals surface area contributed by atoms with E-state index in [0.717, 1.165) is 0 Å². The van der Waals surface area contributed by atoms with Gasteiger partial charge >= 0.3 is 5.97 Å². The zero-order valence-electron chi connectivity index (χ0n) is 5.70. The Balaban J connectivity index is 3.50. The van der Waals surface area contributed by atoms with Gasteiger partial charge in [0, 0.05) is 12.6 Å². The van der Waals surface area contributed by atoms with E-state index in [2.05, 4.69) is 4.99 Å². The van der Waals surface area contributed by atoms with Crippen LogP contribution in [0, 0.1) is 0 Å². The Morgan fingerprint density at radius 3 is 2.50 bits per heavy atom. The van der Waals surface area contributed by atoms with Gasteiger partial charge in [0.2, 0.25) is 5.91 Å². The van der Waals surface area contributed by atoms with Gasteiger partial charge in [-0.15, -0.1) is 0 Å². The first kappa shape index (κ1) is 8.81. The van der Waals surface area contributed by atoms with Crippen LogP contribution in [-0.4, -0.2) is 23.2 Å². The first-order valence-electron chi connectivity index (χ1n) is 2.90. The Morgan fingerprint density at radius 2 is 2.10 bits per heavy atom. The summed E-state index contributed by atoms with van der Waals surface area (Å²) in [6.45, 7) is 1.61. The molecule has 0 saturated heterocycles. The molecule has 4 heteroatoms. The molecule has 0 spiro atoms. The number of carboxylic acid groups (broad SMARTS) is 1. The third kappa shape index (κ3) is 4.96. The fourth-order valence-electron chi connectivity index (χ4n) is 0.422. The van der Waals surface area contributed by atoms with E-state index in [9.17, 15) is 9.59 Å². The molecule has 56 valence electrons. The van der Waals surface area contributed by atoms with Crippen molar-refractivity contribution in [3.05, 3.63) is 0 Å². The van der Waals surface area contributed by atoms with Crippen molar-refractivity contribution in [1.29, 1.82) is 0 Å². The Hall–Kier alpha value is -1.19. The second-order valence-corrected chi connectivity index (χ2v) is 1.67. The molecule has 0 aromatic rings. The van der Waals surface area contributed by atoms with Crippen molar-refractivity contribution in [3.63, 3.8) is 0 Å². The molecule has 0 aliphatic heterocycles. The summed E-state index contributed by atoms with van der Waals surface area (Å²) in [5, 5.41) is 8.13. The molecule has 0 aromatic heterocycles. The number of amides is 1. The summed E-state index contributed by atoms with van der Waals surface area (Å²) in [5.74, 6) is -1.36. The van der Waals surface area contributed by atoms with E-state index >= 15 is 0 Å². The van der Waals surface area contributed by atoms with E-state index in [4.69, 9.17) is 5.11 Å². The van der Waals surface area contributed by atoms with E-state index in [-0.39, 0.29) is 18.7 Å². The molecule has 10 heavy (non-hydrogen) atoms. The summed E-state index contributed by atoms with van der Waals surface area (Å²) in [6.07, 6.45) is 1.19. The maximum Gasteiger partial charge on any atom is 0.303 e. The van der Waals surface area contributed by atoms with Gasteiger partial charge in [-0.2, -0.15) is 0 Å². The average Bonchev–Trinajstić information content (AvgIpc) is 1.85. The molecule has 0 heterocycles. The Labute approximate surface area is 58.6 Å². The normalized spacial score (nSPS) is 10.1. The van der Waals surface area contributed by atoms with Crippen molar-refractivity contribution in [2.75, 3.05) is 0 Å². The second kappa shape index (κ2) is 4.67. The van der Waals surface area contributed by atoms with E-state index in [0.29, 0.717) is 0 Å². The molecule has 1 amide bonds. The molecule has 0 aromatic carbocycles. The van der Waals surface area contributed by atoms with Crippen LogP contribution in [0.3, 0.4) is 0 Å². The second-order valence-electron chi connectivity index (χ2n) is 1.67. The van der Waals surface area contributed by atoms with Gasteiger partial charge in [-0.05, 0) is 6.92 Å². The molecule has 1 N–H and O–H groups in total. The maximum absolute atomic E-state index is 10.5. The monoisotopic (exact) mass is 143 g/mol. The van der Waals surface area contributed by atoms with E-state index in [1.54, 1.807) is 6.92 Å². The molecule has 0 atom stereocenters. The summed E-state index contributed by atoms with van der Waals surface area (Å²) >= 11 is 0. The van der Waals surface area contributed by atoms with Crippen LogP contribution in [0.5, 0.6) is 0 Å². The van der Waals surface area contributed by atoms with E-state index in [1.165, 1.54) is 6.21 Å². The lowest BCUT2D eigenvalue weighted by Crippen LogP contribution is -2.00. The molecule has 0 fully saturated rings. The zero-order chi connectivity index (χ0) is 7.98. The maximum atomic E-state index is 10.5. The zero-order valence-corrected chi connectivity index (χ0v) is 5.70. The molecular weight excluding hydrogens is 134 g/mol. The molecule has 0 saturated carbocycles. The quantitative estimate of drug-likeness (QED) is 0.584. The van der Waals surface area contributed by atoms with Crippen LogP contribution in [0.4, 0.5) is 0 Å². The number of hydrogen-bond acceptors (Lipinski definition) is 2. The van der Waals surface area contributed by atoms with Crippen LogP contribution in [-0.2, 0) is 9.59 Å². The van der Waals surface area contributed by atoms with Crippen molar-refractivity contribution in [3.8, 4) is 0 Å². The summed E-state index contributed by atoms with van der Waals surface area (Å²) in [5.41, 5.74) is 0. The van der Waals surface area contributed by atoms with Gasteiger partial charge in [0.1, 0.15) is 0 Å². The van der Waals surface area contributed by atoms with Gasteiger partial charge in [-0.1, -0.05) is 0 Å². The number of nitrogens with zero attached hydrogens (tertiary/aromatic N) is 1. The van der Waals surface area contributed by atoms with Crippen molar-refractivity contribution in [1.82, 2.24) is 0 Å². The Kier molecular flexibility index (Phi) is 4.11. The highest BCUT2D eigenvalue weighted by molar-refractivity contribution is 5.86. The first-order chi connectivity index (χ1) is 4.66. The Bertz CT molecular complexity index is 162. The minimum Gasteiger partial charge on any atom is -0.481 e. The van der Waals surface area contributed by atoms with Crippen LogP contribution in [0.15, 0.2) is 4.99 Å². The van der Waals surface area contributed by atoms with Crippen molar-refractivity contribution < 1.29 is 14.7 Å². The summed E-state index contributed by atoms with van der Waals surface area (Å²) in [4.78, 5) is 23.8. The molecule has 0 rings (SSSR count). The standard InChI is InChI=1S/C6H9NO3/c1-2-7-5(8)3-4-6(9)10/h2H,3-4H2,1H3,(H,9,10). The third-order valence-corrected chi connectivity index (χ3v) is 0.826. The fraction of sp³-hybridized carbons (Fsp3) is 0.500. The predicted molar refractivity (Wildman–Crippen MR) is 36.0 cm³/mol.